The predicted molar refractivity (Wildman–Crippen MR) is 102 cm³/mol. The lowest BCUT2D eigenvalue weighted by atomic mass is 10.2. The Morgan fingerprint density at radius 2 is 1.82 bits per heavy atom. The van der Waals surface area contributed by atoms with Crippen molar-refractivity contribution in [3.8, 4) is 5.75 Å². The molecular formula is C20H19NO6S. The largest absolute Gasteiger partial charge is 0.494 e. The number of esters is 1. The van der Waals surface area contributed by atoms with Gasteiger partial charge in [-0.1, -0.05) is 24.3 Å². The van der Waals surface area contributed by atoms with Gasteiger partial charge in [0.1, 0.15) is 17.3 Å². The van der Waals surface area contributed by atoms with Gasteiger partial charge >= 0.3 is 5.97 Å². The van der Waals surface area contributed by atoms with Crippen molar-refractivity contribution < 1.29 is 27.5 Å². The van der Waals surface area contributed by atoms with Crippen molar-refractivity contribution in [2.24, 2.45) is 0 Å². The minimum absolute atomic E-state index is 0.0262. The molecule has 3 rings (SSSR count). The summed E-state index contributed by atoms with van der Waals surface area (Å²) in [5.74, 6) is -0.508. The van der Waals surface area contributed by atoms with Crippen LogP contribution in [0.4, 0.5) is 0 Å². The first-order valence-electron chi connectivity index (χ1n) is 8.67. The molecule has 0 atom stereocenters. The zero-order valence-corrected chi connectivity index (χ0v) is 16.0. The highest BCUT2D eigenvalue weighted by molar-refractivity contribution is 7.90. The van der Waals surface area contributed by atoms with Gasteiger partial charge in [-0.15, -0.1) is 0 Å². The molecular weight excluding hydrogens is 382 g/mol. The van der Waals surface area contributed by atoms with Crippen LogP contribution < -0.4 is 4.74 Å². The Morgan fingerprint density at radius 3 is 2.50 bits per heavy atom. The zero-order valence-electron chi connectivity index (χ0n) is 15.2. The molecule has 2 aromatic rings. The second-order valence-corrected chi connectivity index (χ2v) is 7.71. The third kappa shape index (κ3) is 4.07. The number of fused-ring (bicyclic) bond motifs is 1. The van der Waals surface area contributed by atoms with E-state index in [-0.39, 0.29) is 23.6 Å². The van der Waals surface area contributed by atoms with E-state index in [0.717, 1.165) is 15.6 Å². The SMILES string of the molecule is CCOc1ccc(/C=C/C(=O)OCCN2C(=O)c3ccccc3S2(=O)=O)cc1. The topological polar surface area (TPSA) is 90.0 Å². The fourth-order valence-electron chi connectivity index (χ4n) is 2.74. The molecule has 0 saturated heterocycles. The Labute approximate surface area is 163 Å². The summed E-state index contributed by atoms with van der Waals surface area (Å²) in [4.78, 5) is 24.1. The number of rotatable bonds is 7. The van der Waals surface area contributed by atoms with Gasteiger partial charge in [-0.05, 0) is 42.8 Å². The van der Waals surface area contributed by atoms with Gasteiger partial charge in [0.2, 0.25) is 0 Å². The molecule has 0 fully saturated rings. The number of hydrogen-bond donors (Lipinski definition) is 0. The first-order chi connectivity index (χ1) is 13.4. The van der Waals surface area contributed by atoms with Gasteiger partial charge < -0.3 is 9.47 Å². The molecule has 146 valence electrons. The van der Waals surface area contributed by atoms with Crippen LogP contribution in [0.15, 0.2) is 59.5 Å². The predicted octanol–water partition coefficient (Wildman–Crippen LogP) is 2.49. The minimum atomic E-state index is -3.90. The molecule has 0 unspecified atom stereocenters. The summed E-state index contributed by atoms with van der Waals surface area (Å²) in [6, 6.07) is 13.2. The third-order valence-electron chi connectivity index (χ3n) is 4.05. The number of ether oxygens (including phenoxy) is 2. The van der Waals surface area contributed by atoms with Gasteiger partial charge in [-0.3, -0.25) is 4.79 Å². The van der Waals surface area contributed by atoms with Crippen molar-refractivity contribution in [2.45, 2.75) is 11.8 Å². The van der Waals surface area contributed by atoms with Crippen molar-refractivity contribution in [2.75, 3.05) is 19.8 Å². The van der Waals surface area contributed by atoms with Crippen LogP contribution >= 0.6 is 0 Å². The van der Waals surface area contributed by atoms with Gasteiger partial charge in [0, 0.05) is 6.08 Å². The molecule has 8 heteroatoms. The Morgan fingerprint density at radius 1 is 1.11 bits per heavy atom. The molecule has 7 nitrogen and oxygen atoms in total. The van der Waals surface area contributed by atoms with E-state index >= 15 is 0 Å². The smallest absolute Gasteiger partial charge is 0.330 e. The van der Waals surface area contributed by atoms with E-state index in [9.17, 15) is 18.0 Å². The summed E-state index contributed by atoms with van der Waals surface area (Å²) in [5, 5.41) is 0. The Hall–Kier alpha value is -3.13. The number of benzene rings is 2. The molecule has 2 aromatic carbocycles. The second-order valence-electron chi connectivity index (χ2n) is 5.88. The van der Waals surface area contributed by atoms with Gasteiger partial charge in [-0.25, -0.2) is 17.5 Å². The van der Waals surface area contributed by atoms with Crippen molar-refractivity contribution in [1.29, 1.82) is 0 Å². The van der Waals surface area contributed by atoms with E-state index in [1.807, 2.05) is 6.92 Å². The summed E-state index contributed by atoms with van der Waals surface area (Å²) in [6.45, 7) is 2.00. The standard InChI is InChI=1S/C20H19NO6S/c1-2-26-16-10-7-15(8-11-16)9-12-19(22)27-14-13-21-20(23)17-5-3-4-6-18(17)28(21,24)25/h3-12H,2,13-14H2,1H3/b12-9+. The van der Waals surface area contributed by atoms with Gasteiger partial charge in [0.15, 0.2) is 0 Å². The molecule has 0 N–H and O–H groups in total. The first-order valence-corrected chi connectivity index (χ1v) is 10.1. The lowest BCUT2D eigenvalue weighted by Crippen LogP contribution is -2.33. The molecule has 0 radical (unpaired) electrons. The highest BCUT2D eigenvalue weighted by Crippen LogP contribution is 2.29. The molecule has 28 heavy (non-hydrogen) atoms. The number of hydrogen-bond acceptors (Lipinski definition) is 6. The highest BCUT2D eigenvalue weighted by atomic mass is 32.2. The summed E-state index contributed by atoms with van der Waals surface area (Å²) in [7, 11) is -3.90. The monoisotopic (exact) mass is 401 g/mol. The van der Waals surface area contributed by atoms with Crippen molar-refractivity contribution in [3.63, 3.8) is 0 Å². The van der Waals surface area contributed by atoms with Crippen molar-refractivity contribution in [3.05, 3.63) is 65.7 Å². The minimum Gasteiger partial charge on any atom is -0.494 e. The van der Waals surface area contributed by atoms with E-state index < -0.39 is 21.9 Å². The molecule has 1 aliphatic heterocycles. The normalized spacial score (nSPS) is 14.9. The molecule has 0 bridgehead atoms. The maximum atomic E-state index is 12.4. The van der Waals surface area contributed by atoms with E-state index in [2.05, 4.69) is 0 Å². The van der Waals surface area contributed by atoms with E-state index in [4.69, 9.17) is 9.47 Å². The van der Waals surface area contributed by atoms with Crippen molar-refractivity contribution >= 4 is 28.0 Å². The van der Waals surface area contributed by atoms with Crippen LogP contribution in [-0.2, 0) is 19.6 Å². The van der Waals surface area contributed by atoms with E-state index in [0.29, 0.717) is 6.61 Å². The lowest BCUT2D eigenvalue weighted by Gasteiger charge is -2.14. The molecule has 1 amide bonds. The van der Waals surface area contributed by atoms with Crippen LogP contribution in [0.1, 0.15) is 22.8 Å². The third-order valence-corrected chi connectivity index (χ3v) is 5.89. The average Bonchev–Trinajstić information content (AvgIpc) is 2.88. The maximum absolute atomic E-state index is 12.4. The summed E-state index contributed by atoms with van der Waals surface area (Å²) in [5.41, 5.74) is 0.914. The average molecular weight is 401 g/mol. The number of sulfonamides is 1. The molecule has 1 heterocycles. The Balaban J connectivity index is 1.54. The van der Waals surface area contributed by atoms with Crippen molar-refractivity contribution in [1.82, 2.24) is 4.31 Å². The second kappa shape index (κ2) is 8.26. The molecule has 1 aliphatic rings. The summed E-state index contributed by atoms with van der Waals surface area (Å²) >= 11 is 0. The van der Waals surface area contributed by atoms with Crippen LogP contribution in [0.2, 0.25) is 0 Å². The van der Waals surface area contributed by atoms with E-state index in [1.54, 1.807) is 42.5 Å². The number of carbonyl (C=O) groups excluding carboxylic acids is 2. The van der Waals surface area contributed by atoms with Gasteiger partial charge in [-0.2, -0.15) is 0 Å². The lowest BCUT2D eigenvalue weighted by molar-refractivity contribution is -0.137. The maximum Gasteiger partial charge on any atom is 0.330 e. The number of nitrogens with zero attached hydrogens (tertiary/aromatic N) is 1. The van der Waals surface area contributed by atoms with Crippen LogP contribution in [0.5, 0.6) is 5.75 Å². The first kappa shape index (κ1) is 19.6. The molecule has 0 aromatic heterocycles. The Kier molecular flexibility index (Phi) is 5.79. The molecule has 0 spiro atoms. The van der Waals surface area contributed by atoms with Crippen LogP contribution in [0, 0.1) is 0 Å². The molecule has 0 saturated carbocycles. The summed E-state index contributed by atoms with van der Waals surface area (Å²) in [6.07, 6.45) is 2.82. The number of amides is 1. The summed E-state index contributed by atoms with van der Waals surface area (Å²) < 4.78 is 35.9. The highest BCUT2D eigenvalue weighted by Gasteiger charge is 2.40. The van der Waals surface area contributed by atoms with Gasteiger partial charge in [0.25, 0.3) is 15.9 Å². The van der Waals surface area contributed by atoms with Gasteiger partial charge in [0.05, 0.1) is 18.7 Å². The zero-order chi connectivity index (χ0) is 20.1. The Bertz CT molecular complexity index is 1010. The van der Waals surface area contributed by atoms with Crippen LogP contribution in [-0.4, -0.2) is 44.4 Å². The number of carbonyl (C=O) groups is 2. The fraction of sp³-hybridized carbons (Fsp3) is 0.200. The van der Waals surface area contributed by atoms with Crippen LogP contribution in [0.3, 0.4) is 0 Å². The van der Waals surface area contributed by atoms with Crippen LogP contribution in [0.25, 0.3) is 6.08 Å². The molecule has 0 aliphatic carbocycles. The van der Waals surface area contributed by atoms with E-state index in [1.165, 1.54) is 18.2 Å². The quantitative estimate of drug-likeness (QED) is 0.523. The fourth-order valence-corrected chi connectivity index (χ4v) is 4.29.